The fourth-order valence-corrected chi connectivity index (χ4v) is 1.52. The van der Waals surface area contributed by atoms with Crippen LogP contribution in [0.4, 0.5) is 0 Å². The molecule has 0 saturated heterocycles. The lowest BCUT2D eigenvalue weighted by molar-refractivity contribution is 1.41. The van der Waals surface area contributed by atoms with Gasteiger partial charge in [-0.15, -0.1) is 0 Å². The highest BCUT2D eigenvalue weighted by atomic mass is 31.1. The highest BCUT2D eigenvalue weighted by Crippen LogP contribution is 2.24. The first kappa shape index (κ1) is 6.13. The zero-order valence-corrected chi connectivity index (χ0v) is 6.46. The summed E-state index contributed by atoms with van der Waals surface area (Å²) in [7, 11) is 3.44. The van der Waals surface area contributed by atoms with Gasteiger partial charge in [0.05, 0.1) is 0 Å². The van der Waals surface area contributed by atoms with Gasteiger partial charge in [0.25, 0.3) is 0 Å². The Hall–Kier alpha value is 0.0100. The van der Waals surface area contributed by atoms with Crippen LogP contribution in [0.5, 0.6) is 0 Å². The Kier molecular flexibility index (Phi) is 2.39. The fraction of sp³-hybridized carbons (Fsp3) is 0.200. The molecule has 0 N–H and O–H groups in total. The van der Waals surface area contributed by atoms with Gasteiger partial charge in [-0.2, -0.15) is 0 Å². The zero-order chi connectivity index (χ0) is 5.82. The van der Waals surface area contributed by atoms with Crippen LogP contribution in [0.1, 0.15) is 6.42 Å². The van der Waals surface area contributed by atoms with Gasteiger partial charge in [-0.3, -0.25) is 0 Å². The van der Waals surface area contributed by atoms with Crippen LogP contribution in [0.15, 0.2) is 28.1 Å². The Bertz CT molecular complexity index is 158. The number of nitrogens with zero attached hydrogens (tertiary/aromatic N) is 1. The first-order valence-corrected chi connectivity index (χ1v) is 3.76. The van der Waals surface area contributed by atoms with Crippen molar-refractivity contribution in [2.45, 2.75) is 6.42 Å². The molecule has 42 valence electrons. The third kappa shape index (κ3) is 1.51. The van der Waals surface area contributed by atoms with Crippen molar-refractivity contribution >= 4 is 17.8 Å². The molecule has 1 nitrogen and oxygen atoms in total. The molecule has 0 aromatic rings. The number of hydrogen-bond acceptors (Lipinski definition) is 1. The molecule has 0 amide bonds. The van der Waals surface area contributed by atoms with Gasteiger partial charge in [0.1, 0.15) is 0 Å². The van der Waals surface area contributed by atoms with Crippen molar-refractivity contribution in [1.29, 1.82) is 0 Å². The van der Waals surface area contributed by atoms with Gasteiger partial charge < -0.3 is 0 Å². The molecule has 1 atom stereocenters. The molecule has 0 radical (unpaired) electrons. The van der Waals surface area contributed by atoms with E-state index in [4.69, 9.17) is 0 Å². The second-order valence-corrected chi connectivity index (χ2v) is 3.20. The van der Waals surface area contributed by atoms with E-state index < -0.39 is 0 Å². The molecule has 0 bridgehead atoms. The lowest BCUT2D eigenvalue weighted by Gasteiger charge is -1.82. The Morgan fingerprint density at radius 2 is 2.62 bits per heavy atom. The maximum Gasteiger partial charge on any atom is 0.0390 e. The van der Waals surface area contributed by atoms with Crippen molar-refractivity contribution < 1.29 is 0 Å². The second-order valence-electron chi connectivity index (χ2n) is 1.51. The monoisotopic (exact) mass is 143 g/mol. The van der Waals surface area contributed by atoms with Gasteiger partial charge in [0.2, 0.25) is 0 Å². The van der Waals surface area contributed by atoms with Gasteiger partial charge in [-0.05, 0) is 15.8 Å². The summed E-state index contributed by atoms with van der Waals surface area (Å²) in [5.41, 5.74) is 0. The van der Waals surface area contributed by atoms with Gasteiger partial charge in [-0.1, -0.05) is 18.2 Å². The van der Waals surface area contributed by atoms with Crippen LogP contribution in [-0.2, 0) is 0 Å². The van der Waals surface area contributed by atoms with E-state index in [-0.39, 0.29) is 0 Å². The van der Waals surface area contributed by atoms with Crippen molar-refractivity contribution in [1.82, 2.24) is 0 Å². The van der Waals surface area contributed by atoms with E-state index in [9.17, 15) is 0 Å². The topological polar surface area (TPSA) is 12.4 Å². The molecule has 3 heteroatoms. The average Bonchev–Trinajstić information content (AvgIpc) is 2.19. The number of rotatable bonds is 1. The molecule has 0 aromatic heterocycles. The molecule has 1 aliphatic rings. The van der Waals surface area contributed by atoms with Crippen LogP contribution in [0.25, 0.3) is 0 Å². The summed E-state index contributed by atoms with van der Waals surface area (Å²) in [5, 5.41) is 1.38. The lowest BCUT2D eigenvalue weighted by Crippen LogP contribution is -1.54. The Morgan fingerprint density at radius 3 is 3.12 bits per heavy atom. The van der Waals surface area contributed by atoms with E-state index in [1.165, 1.54) is 5.31 Å². The SMILES string of the molecule is PN=PC1=CC=CC1. The Morgan fingerprint density at radius 1 is 1.75 bits per heavy atom. The largest absolute Gasteiger partial charge is 0.247 e. The lowest BCUT2D eigenvalue weighted by atomic mass is 10.5. The quantitative estimate of drug-likeness (QED) is 0.500. The second kappa shape index (κ2) is 3.12. The van der Waals surface area contributed by atoms with Crippen LogP contribution in [0.3, 0.4) is 0 Å². The summed E-state index contributed by atoms with van der Waals surface area (Å²) in [6.45, 7) is 0. The summed E-state index contributed by atoms with van der Waals surface area (Å²) in [6, 6.07) is 0. The van der Waals surface area contributed by atoms with Crippen LogP contribution >= 0.6 is 17.8 Å². The average molecular weight is 143 g/mol. The van der Waals surface area contributed by atoms with E-state index in [1.54, 1.807) is 0 Å². The van der Waals surface area contributed by atoms with Crippen molar-refractivity contribution in [3.05, 3.63) is 23.5 Å². The van der Waals surface area contributed by atoms with E-state index in [2.05, 4.69) is 32.1 Å². The van der Waals surface area contributed by atoms with Crippen molar-refractivity contribution in [2.24, 2.45) is 4.52 Å². The van der Waals surface area contributed by atoms with Crippen LogP contribution in [0, 0.1) is 0 Å². The van der Waals surface area contributed by atoms with Crippen LogP contribution < -0.4 is 0 Å². The predicted molar refractivity (Wildman–Crippen MR) is 40.9 cm³/mol. The first-order chi connectivity index (χ1) is 3.93. The molecule has 1 rings (SSSR count). The summed E-state index contributed by atoms with van der Waals surface area (Å²) in [6.07, 6.45) is 7.39. The molecule has 0 heterocycles. The van der Waals surface area contributed by atoms with Crippen molar-refractivity contribution in [2.75, 3.05) is 0 Å². The number of hydrogen-bond donors (Lipinski definition) is 0. The van der Waals surface area contributed by atoms with Crippen LogP contribution in [0.2, 0.25) is 0 Å². The minimum atomic E-state index is 1.08. The molecule has 0 fully saturated rings. The molecular weight excluding hydrogens is 136 g/mol. The molecule has 0 aliphatic heterocycles. The summed E-state index contributed by atoms with van der Waals surface area (Å²) < 4.78 is 3.90. The molecule has 0 aromatic carbocycles. The van der Waals surface area contributed by atoms with E-state index in [1.807, 2.05) is 0 Å². The van der Waals surface area contributed by atoms with Gasteiger partial charge in [-0.25, -0.2) is 4.52 Å². The Balaban J connectivity index is 2.51. The summed E-state index contributed by atoms with van der Waals surface area (Å²) in [5.74, 6) is 0. The minimum Gasteiger partial charge on any atom is -0.247 e. The fourth-order valence-electron chi connectivity index (χ4n) is 0.584. The van der Waals surface area contributed by atoms with Gasteiger partial charge in [0, 0.05) is 13.7 Å². The van der Waals surface area contributed by atoms with E-state index in [0.717, 1.165) is 14.8 Å². The third-order valence-electron chi connectivity index (χ3n) is 0.938. The molecule has 8 heavy (non-hydrogen) atoms. The maximum absolute atomic E-state index is 3.90. The summed E-state index contributed by atoms with van der Waals surface area (Å²) in [4.78, 5) is 0. The van der Waals surface area contributed by atoms with Crippen molar-refractivity contribution in [3.63, 3.8) is 0 Å². The van der Waals surface area contributed by atoms with Gasteiger partial charge in [0.15, 0.2) is 0 Å². The standard InChI is InChI=1S/C5H7NP2/c7-6-8-5-3-1-2-4-5/h1-3H,4,7H2. The normalized spacial score (nSPS) is 17.9. The number of allylic oxidation sites excluding steroid dienone is 4. The van der Waals surface area contributed by atoms with Crippen molar-refractivity contribution in [3.8, 4) is 0 Å². The van der Waals surface area contributed by atoms with Crippen LogP contribution in [-0.4, -0.2) is 0 Å². The highest BCUT2D eigenvalue weighted by molar-refractivity contribution is 7.39. The third-order valence-corrected chi connectivity index (χ3v) is 1.99. The summed E-state index contributed by atoms with van der Waals surface area (Å²) >= 11 is 0. The highest BCUT2D eigenvalue weighted by Gasteiger charge is 1.92. The smallest absolute Gasteiger partial charge is 0.0390 e. The van der Waals surface area contributed by atoms with E-state index in [0.29, 0.717) is 0 Å². The minimum absolute atomic E-state index is 1.08. The Labute approximate surface area is 53.0 Å². The molecule has 0 spiro atoms. The maximum atomic E-state index is 3.90. The first-order valence-electron chi connectivity index (χ1n) is 2.40. The molecular formula is C5H7NP2. The molecule has 0 saturated carbocycles. The van der Waals surface area contributed by atoms with E-state index >= 15 is 0 Å². The predicted octanol–water partition coefficient (Wildman–Crippen LogP) is 2.75. The van der Waals surface area contributed by atoms with Gasteiger partial charge >= 0.3 is 0 Å². The molecule has 1 unspecified atom stereocenters. The molecule has 1 aliphatic carbocycles. The zero-order valence-electron chi connectivity index (χ0n) is 4.41.